The number of amides is 3. The topological polar surface area (TPSA) is 137 Å². The zero-order chi connectivity index (χ0) is 23.7. The van der Waals surface area contributed by atoms with Crippen molar-refractivity contribution in [3.63, 3.8) is 0 Å². The predicted octanol–water partition coefficient (Wildman–Crippen LogP) is 1.32. The number of alkyl carbamates (subject to hydrolysis) is 1. The molecule has 0 saturated carbocycles. The van der Waals surface area contributed by atoms with Gasteiger partial charge in [0.15, 0.2) is 0 Å². The fourth-order valence-electron chi connectivity index (χ4n) is 3.66. The van der Waals surface area contributed by atoms with Crippen molar-refractivity contribution in [2.45, 2.75) is 76.6 Å². The molecule has 0 aliphatic heterocycles. The fraction of sp³-hybridized carbons (Fsp3) is 0.609. The third-order valence-electron chi connectivity index (χ3n) is 5.16. The highest BCUT2D eigenvalue weighted by molar-refractivity contribution is 5.91. The molecule has 0 aromatic heterocycles. The summed E-state index contributed by atoms with van der Waals surface area (Å²) in [5.74, 6) is -1.14. The minimum atomic E-state index is -1.17. The molecule has 9 heteroatoms. The van der Waals surface area contributed by atoms with Crippen LogP contribution in [0.25, 0.3) is 0 Å². The van der Waals surface area contributed by atoms with Crippen LogP contribution in [-0.4, -0.2) is 59.0 Å². The molecule has 1 aromatic carbocycles. The summed E-state index contributed by atoms with van der Waals surface area (Å²) in [7, 11) is 0. The van der Waals surface area contributed by atoms with E-state index in [0.29, 0.717) is 0 Å². The lowest BCUT2D eigenvalue weighted by molar-refractivity contribution is -0.131. The van der Waals surface area contributed by atoms with Crippen molar-refractivity contribution < 1.29 is 29.3 Å². The number of rotatable bonds is 9. The highest BCUT2D eigenvalue weighted by Crippen LogP contribution is 2.29. The number of nitrogens with one attached hydrogen (secondary N) is 3. The zero-order valence-corrected chi connectivity index (χ0v) is 19.0. The number of hydrogen-bond donors (Lipinski definition) is 5. The highest BCUT2D eigenvalue weighted by atomic mass is 16.6. The van der Waals surface area contributed by atoms with E-state index in [1.807, 2.05) is 24.3 Å². The summed E-state index contributed by atoms with van der Waals surface area (Å²) in [5, 5.41) is 26.7. The van der Waals surface area contributed by atoms with Crippen molar-refractivity contribution in [1.82, 2.24) is 16.0 Å². The summed E-state index contributed by atoms with van der Waals surface area (Å²) in [6.07, 6.45) is 2.29. The van der Waals surface area contributed by atoms with Crippen LogP contribution in [0, 0.1) is 0 Å². The van der Waals surface area contributed by atoms with Gasteiger partial charge in [0, 0.05) is 6.61 Å². The summed E-state index contributed by atoms with van der Waals surface area (Å²) >= 11 is 0. The molecule has 1 unspecified atom stereocenters. The van der Waals surface area contributed by atoms with Crippen LogP contribution < -0.4 is 16.0 Å². The first kappa shape index (κ1) is 25.6. The predicted molar refractivity (Wildman–Crippen MR) is 119 cm³/mol. The van der Waals surface area contributed by atoms with Gasteiger partial charge in [0.2, 0.25) is 11.8 Å². The van der Waals surface area contributed by atoms with Crippen LogP contribution in [0.4, 0.5) is 4.79 Å². The molecule has 178 valence electrons. The summed E-state index contributed by atoms with van der Waals surface area (Å²) in [5.41, 5.74) is 1.48. The molecule has 3 atom stereocenters. The van der Waals surface area contributed by atoms with Gasteiger partial charge in [-0.1, -0.05) is 24.3 Å². The molecule has 1 aliphatic rings. The number of aliphatic hydroxyl groups excluding tert-OH is 2. The molecule has 0 heterocycles. The Hall–Kier alpha value is -2.65. The minimum Gasteiger partial charge on any atom is -0.444 e. The van der Waals surface area contributed by atoms with E-state index in [2.05, 4.69) is 16.0 Å². The molecule has 0 fully saturated rings. The molecular formula is C23H35N3O6. The van der Waals surface area contributed by atoms with Crippen molar-refractivity contribution in [2.75, 3.05) is 13.2 Å². The van der Waals surface area contributed by atoms with Gasteiger partial charge in [0.05, 0.1) is 12.6 Å². The molecule has 0 bridgehead atoms. The Kier molecular flexibility index (Phi) is 9.46. The van der Waals surface area contributed by atoms with Gasteiger partial charge in [0.25, 0.3) is 0 Å². The molecule has 3 amide bonds. The summed E-state index contributed by atoms with van der Waals surface area (Å²) < 4.78 is 5.19. The van der Waals surface area contributed by atoms with Crippen LogP contribution >= 0.6 is 0 Å². The quantitative estimate of drug-likeness (QED) is 0.386. The fourth-order valence-corrected chi connectivity index (χ4v) is 3.66. The Morgan fingerprint density at radius 3 is 2.47 bits per heavy atom. The van der Waals surface area contributed by atoms with Crippen molar-refractivity contribution in [3.05, 3.63) is 35.4 Å². The second-order valence-corrected chi connectivity index (χ2v) is 8.96. The monoisotopic (exact) mass is 449 g/mol. The van der Waals surface area contributed by atoms with Gasteiger partial charge in [0.1, 0.15) is 17.7 Å². The normalized spacial score (nSPS) is 17.5. The van der Waals surface area contributed by atoms with Gasteiger partial charge >= 0.3 is 6.09 Å². The number of aryl methyl sites for hydroxylation is 1. The molecule has 0 radical (unpaired) electrons. The van der Waals surface area contributed by atoms with Crippen molar-refractivity contribution in [3.8, 4) is 0 Å². The van der Waals surface area contributed by atoms with E-state index < -0.39 is 42.2 Å². The number of aliphatic hydroxyl groups is 2. The molecule has 9 nitrogen and oxygen atoms in total. The van der Waals surface area contributed by atoms with Crippen molar-refractivity contribution in [1.29, 1.82) is 0 Å². The van der Waals surface area contributed by atoms with Crippen LogP contribution in [0.2, 0.25) is 0 Å². The number of benzene rings is 1. The molecule has 0 saturated heterocycles. The Morgan fingerprint density at radius 1 is 1.09 bits per heavy atom. The SMILES string of the molecule is CC(C)(C)OC(=O)N[C@@H](CCCO)C(=O)NC(CO)C(=O)N[C@@H]1CCCc2ccccc21. The maximum absolute atomic E-state index is 12.8. The Morgan fingerprint density at radius 2 is 1.81 bits per heavy atom. The first-order valence-corrected chi connectivity index (χ1v) is 11.0. The standard InChI is InChI=1S/C23H35N3O6/c1-23(2,3)32-22(31)26-18(12-7-13-27)20(29)25-19(14-28)21(30)24-17-11-6-9-15-8-4-5-10-16(15)17/h4-5,8,10,17-19,27-28H,6-7,9,11-14H2,1-3H3,(H,24,30)(H,25,29)(H,26,31)/t17-,18+,19?/m1/s1. The molecule has 0 spiro atoms. The van der Waals surface area contributed by atoms with Crippen molar-refractivity contribution in [2.24, 2.45) is 0 Å². The molecule has 1 aromatic rings. The zero-order valence-electron chi connectivity index (χ0n) is 19.0. The number of ether oxygens (including phenoxy) is 1. The molecule has 5 N–H and O–H groups in total. The van der Waals surface area contributed by atoms with Crippen LogP contribution in [0.15, 0.2) is 24.3 Å². The second-order valence-electron chi connectivity index (χ2n) is 8.96. The Bertz CT molecular complexity index is 792. The van der Waals surface area contributed by atoms with Crippen LogP contribution in [0.5, 0.6) is 0 Å². The third-order valence-corrected chi connectivity index (χ3v) is 5.16. The van der Waals surface area contributed by atoms with E-state index >= 15 is 0 Å². The van der Waals surface area contributed by atoms with E-state index in [9.17, 15) is 19.5 Å². The maximum atomic E-state index is 12.8. The van der Waals surface area contributed by atoms with E-state index in [0.717, 1.165) is 24.8 Å². The number of carbonyl (C=O) groups excluding carboxylic acids is 3. The highest BCUT2D eigenvalue weighted by Gasteiger charge is 2.30. The second kappa shape index (κ2) is 11.8. The van der Waals surface area contributed by atoms with Crippen LogP contribution in [-0.2, 0) is 20.7 Å². The maximum Gasteiger partial charge on any atom is 0.408 e. The van der Waals surface area contributed by atoms with Gasteiger partial charge in [-0.15, -0.1) is 0 Å². The first-order chi connectivity index (χ1) is 15.1. The van der Waals surface area contributed by atoms with Gasteiger partial charge in [-0.3, -0.25) is 9.59 Å². The third kappa shape index (κ3) is 7.80. The van der Waals surface area contributed by atoms with E-state index in [1.165, 1.54) is 5.56 Å². The van der Waals surface area contributed by atoms with Gasteiger partial charge in [-0.2, -0.15) is 0 Å². The van der Waals surface area contributed by atoms with Crippen LogP contribution in [0.1, 0.15) is 63.6 Å². The lowest BCUT2D eigenvalue weighted by Gasteiger charge is -2.28. The Balaban J connectivity index is 2.02. The van der Waals surface area contributed by atoms with E-state index in [4.69, 9.17) is 9.84 Å². The lowest BCUT2D eigenvalue weighted by atomic mass is 9.87. The molecule has 1 aliphatic carbocycles. The lowest BCUT2D eigenvalue weighted by Crippen LogP contribution is -2.55. The summed E-state index contributed by atoms with van der Waals surface area (Å²) in [6.45, 7) is 4.34. The summed E-state index contributed by atoms with van der Waals surface area (Å²) in [4.78, 5) is 37.7. The van der Waals surface area contributed by atoms with Crippen LogP contribution in [0.3, 0.4) is 0 Å². The van der Waals surface area contributed by atoms with E-state index in [-0.39, 0.29) is 25.5 Å². The number of fused-ring (bicyclic) bond motifs is 1. The number of hydrogen-bond acceptors (Lipinski definition) is 6. The Labute approximate surface area is 188 Å². The molecule has 2 rings (SSSR count). The smallest absolute Gasteiger partial charge is 0.408 e. The first-order valence-electron chi connectivity index (χ1n) is 11.0. The molecular weight excluding hydrogens is 414 g/mol. The average Bonchev–Trinajstić information content (AvgIpc) is 2.73. The van der Waals surface area contributed by atoms with Gasteiger partial charge in [-0.05, 0) is 64.0 Å². The van der Waals surface area contributed by atoms with Gasteiger partial charge < -0.3 is 30.9 Å². The number of carbonyl (C=O) groups is 3. The summed E-state index contributed by atoms with van der Waals surface area (Å²) in [6, 6.07) is 5.51. The van der Waals surface area contributed by atoms with E-state index in [1.54, 1.807) is 20.8 Å². The largest absolute Gasteiger partial charge is 0.444 e. The minimum absolute atomic E-state index is 0.150. The molecule has 32 heavy (non-hydrogen) atoms. The van der Waals surface area contributed by atoms with Crippen molar-refractivity contribution >= 4 is 17.9 Å². The average molecular weight is 450 g/mol. The van der Waals surface area contributed by atoms with Gasteiger partial charge in [-0.25, -0.2) is 4.79 Å².